The van der Waals surface area contributed by atoms with E-state index in [2.05, 4.69) is 46.4 Å². The van der Waals surface area contributed by atoms with E-state index in [1.807, 2.05) is 0 Å². The molecule has 1 N–H and O–H groups in total. The lowest BCUT2D eigenvalue weighted by atomic mass is 9.65. The summed E-state index contributed by atoms with van der Waals surface area (Å²) in [6.07, 6.45) is 11.1. The maximum absolute atomic E-state index is 13.1. The van der Waals surface area contributed by atoms with Gasteiger partial charge in [0.2, 0.25) is 5.91 Å². The van der Waals surface area contributed by atoms with Crippen molar-refractivity contribution >= 4 is 21.8 Å². The second-order valence-corrected chi connectivity index (χ2v) is 9.41. The zero-order chi connectivity index (χ0) is 17.4. The van der Waals surface area contributed by atoms with E-state index >= 15 is 0 Å². The summed E-state index contributed by atoms with van der Waals surface area (Å²) in [5, 5.41) is 3.49. The quantitative estimate of drug-likeness (QED) is 0.699. The normalized spacial score (nSPS) is 34.2. The van der Waals surface area contributed by atoms with Gasteiger partial charge in [0, 0.05) is 10.5 Å². The van der Waals surface area contributed by atoms with Gasteiger partial charge in [-0.25, -0.2) is 0 Å². The van der Waals surface area contributed by atoms with Crippen LogP contribution < -0.4 is 5.32 Å². The Bertz CT molecular complexity index is 643. The number of hydrogen-bond donors (Lipinski definition) is 1. The minimum absolute atomic E-state index is 0.0459. The zero-order valence-corrected chi connectivity index (χ0v) is 16.9. The average molecular weight is 404 g/mol. The van der Waals surface area contributed by atoms with Crippen molar-refractivity contribution in [3.63, 3.8) is 0 Å². The average Bonchev–Trinajstić information content (AvgIpc) is 2.63. The van der Waals surface area contributed by atoms with Crippen LogP contribution in [-0.2, 0) is 11.2 Å². The molecule has 2 fully saturated rings. The maximum Gasteiger partial charge on any atom is 0.227 e. The molecule has 136 valence electrons. The monoisotopic (exact) mass is 403 g/mol. The molecule has 3 heteroatoms. The molecular formula is C22H30BrNO. The van der Waals surface area contributed by atoms with Gasteiger partial charge in [-0.15, -0.1) is 0 Å². The molecule has 2 nitrogen and oxygen atoms in total. The fourth-order valence-corrected chi connectivity index (χ4v) is 6.29. The molecule has 0 radical (unpaired) electrons. The van der Waals surface area contributed by atoms with Crippen LogP contribution in [0.5, 0.6) is 0 Å². The molecule has 1 aromatic rings. The molecule has 0 aromatic heterocycles. The van der Waals surface area contributed by atoms with Gasteiger partial charge in [-0.1, -0.05) is 41.4 Å². The Labute approximate surface area is 160 Å². The van der Waals surface area contributed by atoms with Crippen LogP contribution in [-0.4, -0.2) is 11.9 Å². The van der Waals surface area contributed by atoms with Crippen molar-refractivity contribution in [3.8, 4) is 0 Å². The van der Waals surface area contributed by atoms with Crippen LogP contribution in [0.15, 0.2) is 22.7 Å². The van der Waals surface area contributed by atoms with Crippen LogP contribution in [0, 0.1) is 17.8 Å². The highest BCUT2D eigenvalue weighted by molar-refractivity contribution is 9.10. The standard InChI is InChI=1S/C22H30BrNO/c1-2-14-11-15-9-10-21(16(12-14)13-15)24-22(25)19-7-3-6-18-17(19)5-4-8-20(18)23/h4-5,8,14-16,19,21H,2-3,6-7,9-13H2,1H3,(H,24,25). The lowest BCUT2D eigenvalue weighted by molar-refractivity contribution is -0.124. The first-order valence-electron chi connectivity index (χ1n) is 10.2. The smallest absolute Gasteiger partial charge is 0.227 e. The topological polar surface area (TPSA) is 29.1 Å². The number of halogens is 1. The summed E-state index contributed by atoms with van der Waals surface area (Å²) >= 11 is 3.67. The Kier molecular flexibility index (Phi) is 5.22. The molecule has 0 spiro atoms. The van der Waals surface area contributed by atoms with Crippen molar-refractivity contribution in [3.05, 3.63) is 33.8 Å². The Morgan fingerprint density at radius 2 is 2.08 bits per heavy atom. The largest absolute Gasteiger partial charge is 0.353 e. The van der Waals surface area contributed by atoms with Crippen LogP contribution in [0.2, 0.25) is 0 Å². The Hall–Kier alpha value is -0.830. The first-order valence-corrected chi connectivity index (χ1v) is 11.0. The third-order valence-electron chi connectivity index (χ3n) is 7.07. The molecule has 1 aromatic carbocycles. The number of carbonyl (C=O) groups is 1. The van der Waals surface area contributed by atoms with Crippen molar-refractivity contribution < 1.29 is 4.79 Å². The van der Waals surface area contributed by atoms with E-state index in [4.69, 9.17) is 0 Å². The van der Waals surface area contributed by atoms with E-state index in [1.54, 1.807) is 0 Å². The van der Waals surface area contributed by atoms with Gasteiger partial charge in [-0.3, -0.25) is 4.79 Å². The number of amides is 1. The number of nitrogens with one attached hydrogen (secondary N) is 1. The third kappa shape index (κ3) is 3.54. The lowest BCUT2D eigenvalue weighted by Crippen LogP contribution is -2.48. The summed E-state index contributed by atoms with van der Waals surface area (Å²) in [4.78, 5) is 13.1. The highest BCUT2D eigenvalue weighted by Crippen LogP contribution is 2.44. The van der Waals surface area contributed by atoms with Crippen LogP contribution in [0.4, 0.5) is 0 Å². The van der Waals surface area contributed by atoms with Crippen molar-refractivity contribution in [2.24, 2.45) is 17.8 Å². The summed E-state index contributed by atoms with van der Waals surface area (Å²) in [7, 11) is 0. The lowest BCUT2D eigenvalue weighted by Gasteiger charge is -2.44. The molecule has 2 bridgehead atoms. The van der Waals surface area contributed by atoms with Gasteiger partial charge in [0.15, 0.2) is 0 Å². The molecule has 1 amide bonds. The molecule has 3 aliphatic rings. The van der Waals surface area contributed by atoms with Crippen LogP contribution >= 0.6 is 15.9 Å². The predicted octanol–water partition coefficient (Wildman–Crippen LogP) is 5.59. The van der Waals surface area contributed by atoms with Gasteiger partial charge in [-0.2, -0.15) is 0 Å². The molecule has 25 heavy (non-hydrogen) atoms. The molecular weight excluding hydrogens is 374 g/mol. The SMILES string of the molecule is CCC1CC2CCC(NC(=O)C3CCCc4c(Br)cccc43)C(C1)C2. The fraction of sp³-hybridized carbons (Fsp3) is 0.682. The highest BCUT2D eigenvalue weighted by atomic mass is 79.9. The van der Waals surface area contributed by atoms with Gasteiger partial charge < -0.3 is 5.32 Å². The van der Waals surface area contributed by atoms with Crippen molar-refractivity contribution in [1.29, 1.82) is 0 Å². The van der Waals surface area contributed by atoms with Crippen LogP contribution in [0.25, 0.3) is 0 Å². The molecule has 3 aliphatic carbocycles. The predicted molar refractivity (Wildman–Crippen MR) is 106 cm³/mol. The molecule has 5 atom stereocenters. The number of carbonyl (C=O) groups excluding carboxylic acids is 1. The van der Waals surface area contributed by atoms with E-state index in [0.29, 0.717) is 12.0 Å². The van der Waals surface area contributed by atoms with Crippen LogP contribution in [0.1, 0.15) is 75.3 Å². The summed E-state index contributed by atoms with van der Waals surface area (Å²) in [6, 6.07) is 6.75. The van der Waals surface area contributed by atoms with E-state index in [9.17, 15) is 4.79 Å². The van der Waals surface area contributed by atoms with Crippen molar-refractivity contribution in [2.75, 3.05) is 0 Å². The molecule has 2 saturated carbocycles. The second-order valence-electron chi connectivity index (χ2n) is 8.55. The van der Waals surface area contributed by atoms with E-state index in [1.165, 1.54) is 54.1 Å². The van der Waals surface area contributed by atoms with E-state index in [0.717, 1.165) is 31.1 Å². The number of fused-ring (bicyclic) bond motifs is 3. The van der Waals surface area contributed by atoms with Gasteiger partial charge >= 0.3 is 0 Å². The minimum Gasteiger partial charge on any atom is -0.353 e. The summed E-state index contributed by atoms with van der Waals surface area (Å²) in [6.45, 7) is 2.33. The van der Waals surface area contributed by atoms with Crippen LogP contribution in [0.3, 0.4) is 0 Å². The maximum atomic E-state index is 13.1. The third-order valence-corrected chi connectivity index (χ3v) is 7.81. The van der Waals surface area contributed by atoms with Crippen molar-refractivity contribution in [2.45, 2.75) is 76.7 Å². The van der Waals surface area contributed by atoms with Gasteiger partial charge in [-0.05, 0) is 86.3 Å². The first kappa shape index (κ1) is 17.6. The van der Waals surface area contributed by atoms with Gasteiger partial charge in [0.25, 0.3) is 0 Å². The Balaban J connectivity index is 1.47. The molecule has 0 saturated heterocycles. The highest BCUT2D eigenvalue weighted by Gasteiger charge is 2.38. The first-order chi connectivity index (χ1) is 12.2. The zero-order valence-electron chi connectivity index (χ0n) is 15.3. The number of hydrogen-bond acceptors (Lipinski definition) is 1. The van der Waals surface area contributed by atoms with E-state index < -0.39 is 0 Å². The molecule has 5 unspecified atom stereocenters. The van der Waals surface area contributed by atoms with Gasteiger partial charge in [0.05, 0.1) is 5.92 Å². The molecule has 0 aliphatic heterocycles. The number of benzene rings is 1. The van der Waals surface area contributed by atoms with E-state index in [-0.39, 0.29) is 11.8 Å². The molecule has 4 rings (SSSR count). The summed E-state index contributed by atoms with van der Waals surface area (Å²) < 4.78 is 1.17. The summed E-state index contributed by atoms with van der Waals surface area (Å²) in [5.74, 6) is 2.84. The fourth-order valence-electron chi connectivity index (χ4n) is 5.71. The minimum atomic E-state index is 0.0459. The Morgan fingerprint density at radius 3 is 2.92 bits per heavy atom. The second kappa shape index (κ2) is 7.42. The van der Waals surface area contributed by atoms with Crippen molar-refractivity contribution in [1.82, 2.24) is 5.32 Å². The molecule has 0 heterocycles. The summed E-state index contributed by atoms with van der Waals surface area (Å²) in [5.41, 5.74) is 2.60. The Morgan fingerprint density at radius 1 is 1.20 bits per heavy atom. The number of rotatable bonds is 3. The van der Waals surface area contributed by atoms with Gasteiger partial charge in [0.1, 0.15) is 0 Å².